The fourth-order valence-electron chi connectivity index (χ4n) is 1.16. The predicted molar refractivity (Wildman–Crippen MR) is 78.5 cm³/mol. The lowest BCUT2D eigenvalue weighted by Gasteiger charge is -2.19. The Morgan fingerprint density at radius 2 is 1.60 bits per heavy atom. The molecule has 0 radical (unpaired) electrons. The van der Waals surface area contributed by atoms with Gasteiger partial charge in [-0.05, 0) is 6.42 Å². The van der Waals surface area contributed by atoms with Crippen molar-refractivity contribution in [1.82, 2.24) is 0 Å². The van der Waals surface area contributed by atoms with Gasteiger partial charge >= 0.3 is 0 Å². The number of halogens is 4. The Hall–Kier alpha value is 1.69. The van der Waals surface area contributed by atoms with Crippen LogP contribution in [0.1, 0.15) is 45.4 Å². The van der Waals surface area contributed by atoms with Gasteiger partial charge in [0.1, 0.15) is 0 Å². The largest absolute Gasteiger partial charge is 0.359 e. The van der Waals surface area contributed by atoms with E-state index in [1.165, 1.54) is 32.1 Å². The van der Waals surface area contributed by atoms with Crippen LogP contribution in [-0.4, -0.2) is 14.3 Å². The van der Waals surface area contributed by atoms with Gasteiger partial charge in [-0.2, -0.15) is 0 Å². The molecule has 0 aromatic rings. The maximum absolute atomic E-state index is 5.96. The zero-order chi connectivity index (χ0) is 11.7. The molecule has 15 heavy (non-hydrogen) atoms. The second-order valence-corrected chi connectivity index (χ2v) is 10.8. The number of hydrogen-bond donors (Lipinski definition) is 0. The molecule has 0 spiro atoms. The van der Waals surface area contributed by atoms with Crippen molar-refractivity contribution in [1.29, 1.82) is 0 Å². The van der Waals surface area contributed by atoms with Crippen molar-refractivity contribution < 1.29 is 4.74 Å². The SMILES string of the molecule is CCCCCCCCOC(Cl)C(Br)(Br)Br. The summed E-state index contributed by atoms with van der Waals surface area (Å²) < 4.78 is 4.92. The van der Waals surface area contributed by atoms with Crippen LogP contribution in [0.15, 0.2) is 0 Å². The highest BCUT2D eigenvalue weighted by molar-refractivity contribution is 9.39. The van der Waals surface area contributed by atoms with Crippen LogP contribution in [0.3, 0.4) is 0 Å². The predicted octanol–water partition coefficient (Wildman–Crippen LogP) is 5.77. The average molecular weight is 429 g/mol. The summed E-state index contributed by atoms with van der Waals surface area (Å²) >= 11 is 15.9. The molecule has 0 fully saturated rings. The normalized spacial score (nSPS) is 14.2. The highest BCUT2D eigenvalue weighted by Gasteiger charge is 2.29. The molecule has 1 unspecified atom stereocenters. The monoisotopic (exact) mass is 426 g/mol. The summed E-state index contributed by atoms with van der Waals surface area (Å²) in [5, 5.41) is 0. The Balaban J connectivity index is 3.24. The Bertz CT molecular complexity index is 150. The second kappa shape index (κ2) is 9.69. The van der Waals surface area contributed by atoms with Gasteiger partial charge in [0.2, 0.25) is 0 Å². The Labute approximate surface area is 123 Å². The molecular formula is C10H18Br3ClO. The lowest BCUT2D eigenvalue weighted by molar-refractivity contribution is 0.112. The summed E-state index contributed by atoms with van der Waals surface area (Å²) in [6.45, 7) is 2.94. The molecule has 0 bridgehead atoms. The van der Waals surface area contributed by atoms with Crippen molar-refractivity contribution in [2.24, 2.45) is 0 Å². The van der Waals surface area contributed by atoms with Crippen LogP contribution < -0.4 is 0 Å². The van der Waals surface area contributed by atoms with E-state index in [9.17, 15) is 0 Å². The number of unbranched alkanes of at least 4 members (excludes halogenated alkanes) is 5. The van der Waals surface area contributed by atoms with Crippen LogP contribution in [-0.2, 0) is 4.74 Å². The molecule has 0 aromatic heterocycles. The molecule has 0 amide bonds. The van der Waals surface area contributed by atoms with Crippen LogP contribution in [0.4, 0.5) is 0 Å². The van der Waals surface area contributed by atoms with Crippen LogP contribution in [0, 0.1) is 0 Å². The van der Waals surface area contributed by atoms with E-state index in [1.54, 1.807) is 0 Å². The maximum atomic E-state index is 5.96. The summed E-state index contributed by atoms with van der Waals surface area (Å²) in [7, 11) is 0. The van der Waals surface area contributed by atoms with Gasteiger partial charge in [-0.25, -0.2) is 0 Å². The van der Waals surface area contributed by atoms with Gasteiger partial charge in [0.05, 0.1) is 0 Å². The van der Waals surface area contributed by atoms with E-state index < -0.39 is 7.71 Å². The first-order valence-electron chi connectivity index (χ1n) is 5.31. The van der Waals surface area contributed by atoms with Gasteiger partial charge in [0.25, 0.3) is 0 Å². The van der Waals surface area contributed by atoms with Crippen molar-refractivity contribution in [3.63, 3.8) is 0 Å². The first kappa shape index (κ1) is 16.7. The molecule has 1 atom stereocenters. The van der Waals surface area contributed by atoms with E-state index in [-0.39, 0.29) is 0 Å². The van der Waals surface area contributed by atoms with Gasteiger partial charge in [-0.3, -0.25) is 0 Å². The lowest BCUT2D eigenvalue weighted by Crippen LogP contribution is -2.21. The maximum Gasteiger partial charge on any atom is 0.174 e. The number of ether oxygens (including phenoxy) is 1. The van der Waals surface area contributed by atoms with Crippen LogP contribution >= 0.6 is 59.4 Å². The van der Waals surface area contributed by atoms with E-state index in [2.05, 4.69) is 54.7 Å². The van der Waals surface area contributed by atoms with Crippen molar-refractivity contribution in [2.75, 3.05) is 6.61 Å². The van der Waals surface area contributed by atoms with Crippen LogP contribution in [0.2, 0.25) is 0 Å². The van der Waals surface area contributed by atoms with Crippen molar-refractivity contribution in [3.05, 3.63) is 0 Å². The second-order valence-electron chi connectivity index (χ2n) is 3.50. The minimum absolute atomic E-state index is 0.409. The van der Waals surface area contributed by atoms with Crippen molar-refractivity contribution in [3.8, 4) is 0 Å². The number of hydrogen-bond acceptors (Lipinski definition) is 1. The van der Waals surface area contributed by atoms with E-state index in [0.717, 1.165) is 6.42 Å². The number of rotatable bonds is 8. The van der Waals surface area contributed by atoms with E-state index >= 15 is 0 Å². The van der Waals surface area contributed by atoms with Crippen LogP contribution in [0.25, 0.3) is 0 Å². The van der Waals surface area contributed by atoms with Crippen molar-refractivity contribution >= 4 is 59.4 Å². The molecular weight excluding hydrogens is 411 g/mol. The molecule has 5 heteroatoms. The third-order valence-electron chi connectivity index (χ3n) is 2.02. The van der Waals surface area contributed by atoms with Gasteiger partial charge < -0.3 is 4.74 Å². The minimum Gasteiger partial charge on any atom is -0.359 e. The Morgan fingerprint density at radius 1 is 1.07 bits per heavy atom. The molecule has 0 rings (SSSR count). The van der Waals surface area contributed by atoms with Crippen LogP contribution in [0.5, 0.6) is 0 Å². The first-order valence-corrected chi connectivity index (χ1v) is 8.12. The van der Waals surface area contributed by atoms with E-state index in [4.69, 9.17) is 16.3 Å². The zero-order valence-electron chi connectivity index (χ0n) is 8.95. The third-order valence-corrected chi connectivity index (χ3v) is 4.51. The van der Waals surface area contributed by atoms with E-state index in [1.807, 2.05) is 0 Å². The summed E-state index contributed by atoms with van der Waals surface area (Å²) in [5.74, 6) is 0. The molecule has 0 N–H and O–H groups in total. The molecule has 0 aromatic carbocycles. The molecule has 92 valence electrons. The Kier molecular flexibility index (Phi) is 10.8. The zero-order valence-corrected chi connectivity index (χ0v) is 14.5. The molecule has 0 saturated carbocycles. The first-order chi connectivity index (χ1) is 6.98. The van der Waals surface area contributed by atoms with Gasteiger partial charge in [0.15, 0.2) is 7.71 Å². The quantitative estimate of drug-likeness (QED) is 0.352. The highest BCUT2D eigenvalue weighted by atomic mass is 80.0. The molecule has 0 aliphatic rings. The molecule has 0 aliphatic carbocycles. The fourth-order valence-corrected chi connectivity index (χ4v) is 1.65. The molecule has 0 saturated heterocycles. The third kappa shape index (κ3) is 10.6. The summed E-state index contributed by atoms with van der Waals surface area (Å²) in [6, 6.07) is 0. The van der Waals surface area contributed by atoms with Gasteiger partial charge in [-0.1, -0.05) is 98.4 Å². The van der Waals surface area contributed by atoms with Gasteiger partial charge in [-0.15, -0.1) is 0 Å². The summed E-state index contributed by atoms with van der Waals surface area (Å²) in [5.41, 5.74) is -0.409. The molecule has 0 heterocycles. The highest BCUT2D eigenvalue weighted by Crippen LogP contribution is 2.40. The summed E-state index contributed by atoms with van der Waals surface area (Å²) in [4.78, 5) is 0. The minimum atomic E-state index is -0.517. The fraction of sp³-hybridized carbons (Fsp3) is 1.00. The number of alkyl halides is 4. The topological polar surface area (TPSA) is 9.23 Å². The smallest absolute Gasteiger partial charge is 0.174 e. The average Bonchev–Trinajstić information content (AvgIpc) is 2.14. The molecule has 0 aliphatic heterocycles. The van der Waals surface area contributed by atoms with E-state index in [0.29, 0.717) is 6.61 Å². The van der Waals surface area contributed by atoms with Gasteiger partial charge in [0, 0.05) is 6.61 Å². The Morgan fingerprint density at radius 3 is 2.13 bits per heavy atom. The standard InChI is InChI=1S/C10H18Br3ClO/c1-2-3-4-5-6-7-8-15-9(14)10(11,12)13/h9H,2-8H2,1H3. The summed E-state index contributed by atoms with van der Waals surface area (Å²) in [6.07, 6.45) is 7.57. The van der Waals surface area contributed by atoms with Crippen molar-refractivity contribution in [2.45, 2.75) is 53.2 Å². The molecule has 1 nitrogen and oxygen atoms in total. The lowest BCUT2D eigenvalue weighted by atomic mass is 10.1.